The molecule has 1 N–H and O–H groups in total. The summed E-state index contributed by atoms with van der Waals surface area (Å²) >= 11 is 15.5. The molecule has 0 fully saturated rings. The van der Waals surface area contributed by atoms with E-state index in [1.165, 1.54) is 0 Å². The van der Waals surface area contributed by atoms with Gasteiger partial charge in [0.1, 0.15) is 6.61 Å². The van der Waals surface area contributed by atoms with Gasteiger partial charge >= 0.3 is 0 Å². The van der Waals surface area contributed by atoms with Gasteiger partial charge in [-0.15, -0.1) is 0 Å². The van der Waals surface area contributed by atoms with Crippen LogP contribution >= 0.6 is 39.1 Å². The Labute approximate surface area is 174 Å². The molecule has 1 heterocycles. The molecule has 1 aromatic heterocycles. The van der Waals surface area contributed by atoms with E-state index >= 15 is 0 Å². The first-order chi connectivity index (χ1) is 13.0. The summed E-state index contributed by atoms with van der Waals surface area (Å²) in [6.07, 6.45) is 0. The van der Waals surface area contributed by atoms with E-state index in [1.54, 1.807) is 31.0 Å². The summed E-state index contributed by atoms with van der Waals surface area (Å²) < 4.78 is 13.7. The van der Waals surface area contributed by atoms with E-state index in [0.717, 1.165) is 15.6 Å². The minimum atomic E-state index is 0.327. The van der Waals surface area contributed by atoms with Gasteiger partial charge < -0.3 is 14.8 Å². The number of rotatable bonds is 7. The maximum atomic E-state index is 6.05. The number of tetrazole rings is 1. The van der Waals surface area contributed by atoms with Crippen LogP contribution in [0.1, 0.15) is 11.1 Å². The lowest BCUT2D eigenvalue weighted by molar-refractivity contribution is 0.282. The highest BCUT2D eigenvalue weighted by Crippen LogP contribution is 2.37. The maximum absolute atomic E-state index is 6.05. The lowest BCUT2D eigenvalue weighted by Gasteiger charge is -2.15. The Hall–Kier alpha value is -2.03. The lowest BCUT2D eigenvalue weighted by Crippen LogP contribution is -2.06. The van der Waals surface area contributed by atoms with E-state index in [4.69, 9.17) is 32.7 Å². The number of aryl methyl sites for hydroxylation is 1. The van der Waals surface area contributed by atoms with Crippen molar-refractivity contribution >= 4 is 45.1 Å². The largest absolute Gasteiger partial charge is 0.493 e. The number of aromatic nitrogens is 4. The van der Waals surface area contributed by atoms with Crippen LogP contribution in [0.25, 0.3) is 0 Å². The van der Waals surface area contributed by atoms with Crippen LogP contribution in [-0.2, 0) is 20.2 Å². The standard InChI is InChI=1S/C17H16BrCl2N5O2/c1-25-17(22-23-24-25)21-8-11-5-12(18)16(15(7-11)26-2)27-9-10-3-4-13(19)14(20)6-10/h3-7H,8-9H2,1-2H3,(H,21,22,24). The van der Waals surface area contributed by atoms with Crippen LogP contribution in [0, 0.1) is 0 Å². The molecule has 27 heavy (non-hydrogen) atoms. The molecule has 2 aromatic carbocycles. The van der Waals surface area contributed by atoms with Crippen molar-refractivity contribution in [1.29, 1.82) is 0 Å². The van der Waals surface area contributed by atoms with Crippen molar-refractivity contribution in [2.45, 2.75) is 13.2 Å². The van der Waals surface area contributed by atoms with Gasteiger partial charge in [-0.05, 0) is 61.7 Å². The van der Waals surface area contributed by atoms with Crippen LogP contribution in [0.3, 0.4) is 0 Å². The van der Waals surface area contributed by atoms with Crippen molar-refractivity contribution in [2.75, 3.05) is 12.4 Å². The van der Waals surface area contributed by atoms with Gasteiger partial charge in [-0.2, -0.15) is 0 Å². The van der Waals surface area contributed by atoms with Crippen LogP contribution in [0.2, 0.25) is 10.0 Å². The predicted octanol–water partition coefficient (Wildman–Crippen LogP) is 4.48. The average Bonchev–Trinajstić information content (AvgIpc) is 3.06. The minimum absolute atomic E-state index is 0.327. The van der Waals surface area contributed by atoms with Crippen molar-refractivity contribution in [1.82, 2.24) is 20.2 Å². The zero-order valence-electron chi connectivity index (χ0n) is 14.5. The number of hydrogen-bond donors (Lipinski definition) is 1. The number of anilines is 1. The topological polar surface area (TPSA) is 74.1 Å². The fraction of sp³-hybridized carbons (Fsp3) is 0.235. The molecule has 0 saturated carbocycles. The molecule has 0 aliphatic heterocycles. The van der Waals surface area contributed by atoms with E-state index < -0.39 is 0 Å². The molecular weight excluding hydrogens is 457 g/mol. The summed E-state index contributed by atoms with van der Waals surface area (Å²) in [6.45, 7) is 0.851. The van der Waals surface area contributed by atoms with Crippen LogP contribution in [-0.4, -0.2) is 27.3 Å². The van der Waals surface area contributed by atoms with Crippen LogP contribution in [0.4, 0.5) is 5.95 Å². The zero-order valence-corrected chi connectivity index (χ0v) is 17.6. The molecule has 7 nitrogen and oxygen atoms in total. The Bertz CT molecular complexity index is 951. The fourth-order valence-electron chi connectivity index (χ4n) is 2.36. The highest BCUT2D eigenvalue weighted by atomic mass is 79.9. The van der Waals surface area contributed by atoms with Gasteiger partial charge in [0.05, 0.1) is 21.6 Å². The summed E-state index contributed by atoms with van der Waals surface area (Å²) in [5, 5.41) is 15.4. The molecule has 0 radical (unpaired) electrons. The first-order valence-corrected chi connectivity index (χ1v) is 9.42. The van der Waals surface area contributed by atoms with E-state index in [9.17, 15) is 0 Å². The molecule has 0 aliphatic carbocycles. The maximum Gasteiger partial charge on any atom is 0.242 e. The third kappa shape index (κ3) is 4.82. The van der Waals surface area contributed by atoms with Crippen molar-refractivity contribution in [3.05, 3.63) is 56.0 Å². The summed E-state index contributed by atoms with van der Waals surface area (Å²) in [6, 6.07) is 9.22. The van der Waals surface area contributed by atoms with Gasteiger partial charge in [0.15, 0.2) is 11.5 Å². The van der Waals surface area contributed by atoms with E-state index in [1.807, 2.05) is 18.2 Å². The third-order valence-corrected chi connectivity index (χ3v) is 5.06. The van der Waals surface area contributed by atoms with Crippen molar-refractivity contribution < 1.29 is 9.47 Å². The second-order valence-corrected chi connectivity index (χ2v) is 7.29. The molecule has 0 spiro atoms. The summed E-state index contributed by atoms with van der Waals surface area (Å²) in [5.74, 6) is 1.79. The second-order valence-electron chi connectivity index (χ2n) is 5.63. The molecule has 0 bridgehead atoms. The summed E-state index contributed by atoms with van der Waals surface area (Å²) in [4.78, 5) is 0. The molecule has 0 amide bonds. The Morgan fingerprint density at radius 1 is 1.15 bits per heavy atom. The lowest BCUT2D eigenvalue weighted by atomic mass is 10.2. The Morgan fingerprint density at radius 2 is 1.96 bits per heavy atom. The Morgan fingerprint density at radius 3 is 2.63 bits per heavy atom. The van der Waals surface area contributed by atoms with Crippen LogP contribution in [0.5, 0.6) is 11.5 Å². The third-order valence-electron chi connectivity index (χ3n) is 3.73. The zero-order chi connectivity index (χ0) is 19.4. The monoisotopic (exact) mass is 471 g/mol. The quantitative estimate of drug-likeness (QED) is 0.546. The van der Waals surface area contributed by atoms with Crippen LogP contribution < -0.4 is 14.8 Å². The van der Waals surface area contributed by atoms with Gasteiger partial charge in [-0.25, -0.2) is 4.68 Å². The molecule has 3 rings (SSSR count). The SMILES string of the molecule is COc1cc(CNc2nnnn2C)cc(Br)c1OCc1ccc(Cl)c(Cl)c1. The van der Waals surface area contributed by atoms with E-state index in [-0.39, 0.29) is 0 Å². The fourth-order valence-corrected chi connectivity index (χ4v) is 3.29. The molecule has 0 unspecified atom stereocenters. The highest BCUT2D eigenvalue weighted by Gasteiger charge is 2.13. The van der Waals surface area contributed by atoms with Gasteiger partial charge in [0, 0.05) is 13.6 Å². The van der Waals surface area contributed by atoms with Gasteiger partial charge in [0.2, 0.25) is 5.95 Å². The average molecular weight is 473 g/mol. The first kappa shape index (κ1) is 19.7. The number of halogens is 3. The Kier molecular flexibility index (Phi) is 6.41. The normalized spacial score (nSPS) is 10.7. The molecule has 142 valence electrons. The summed E-state index contributed by atoms with van der Waals surface area (Å²) in [5.41, 5.74) is 1.88. The number of hydrogen-bond acceptors (Lipinski definition) is 6. The number of ether oxygens (including phenoxy) is 2. The molecule has 0 atom stereocenters. The second kappa shape index (κ2) is 8.77. The van der Waals surface area contributed by atoms with Gasteiger partial charge in [-0.1, -0.05) is 34.4 Å². The number of methoxy groups -OCH3 is 1. The molecule has 0 aliphatic rings. The minimum Gasteiger partial charge on any atom is -0.493 e. The van der Waals surface area contributed by atoms with Gasteiger partial charge in [0.25, 0.3) is 0 Å². The van der Waals surface area contributed by atoms with E-state index in [2.05, 4.69) is 36.8 Å². The number of nitrogens with one attached hydrogen (secondary N) is 1. The Balaban J connectivity index is 1.73. The highest BCUT2D eigenvalue weighted by molar-refractivity contribution is 9.10. The van der Waals surface area contributed by atoms with Crippen LogP contribution in [0.15, 0.2) is 34.8 Å². The molecule has 3 aromatic rings. The smallest absolute Gasteiger partial charge is 0.242 e. The van der Waals surface area contributed by atoms with Crippen molar-refractivity contribution in [3.8, 4) is 11.5 Å². The van der Waals surface area contributed by atoms with Crippen molar-refractivity contribution in [2.24, 2.45) is 7.05 Å². The predicted molar refractivity (Wildman–Crippen MR) is 108 cm³/mol. The molecule has 10 heteroatoms. The van der Waals surface area contributed by atoms with Crippen molar-refractivity contribution in [3.63, 3.8) is 0 Å². The molecule has 0 saturated heterocycles. The van der Waals surface area contributed by atoms with Gasteiger partial charge in [-0.3, -0.25) is 0 Å². The summed E-state index contributed by atoms with van der Waals surface area (Å²) in [7, 11) is 3.36. The van der Waals surface area contributed by atoms with E-state index in [0.29, 0.717) is 40.6 Å². The number of benzene rings is 2. The first-order valence-electron chi connectivity index (χ1n) is 7.87. The number of nitrogens with zero attached hydrogens (tertiary/aromatic N) is 4. The molecular formula is C17H16BrCl2N5O2.